The highest BCUT2D eigenvalue weighted by atomic mass is 32.1. The van der Waals surface area contributed by atoms with E-state index in [1.54, 1.807) is 11.6 Å². The number of piperazine rings is 1. The van der Waals surface area contributed by atoms with Crippen molar-refractivity contribution in [2.45, 2.75) is 68.6 Å². The molecule has 3 saturated heterocycles. The van der Waals surface area contributed by atoms with Crippen molar-refractivity contribution < 1.29 is 22.7 Å². The Morgan fingerprint density at radius 2 is 2.00 bits per heavy atom. The summed E-state index contributed by atoms with van der Waals surface area (Å²) in [5.74, 6) is -1.71. The fourth-order valence-corrected chi connectivity index (χ4v) is 8.71. The Kier molecular flexibility index (Phi) is 9.10. The standard InChI is InChI=1S/C37H37F3N8O2S/c38-24-18-37(10-4-13-47(37)20-24)22-50-36-44-33-28(19-43-32(31(33)40)27-8-2-1-7-26(27)23-5-3-6-23)34(45-36)46-14-15-48(25(21-46)9-11-41)35(49)29(39)17-30-42-12-16-51-30/h1-2,7-8,12,16-17,19,23-25H,3-6,9-10,13-15,18,20-22H2/b29-17-/t24-,25+,37+/m1/s1. The number of fused-ring (bicyclic) bond motifs is 2. The van der Waals surface area contributed by atoms with Gasteiger partial charge in [-0.3, -0.25) is 14.7 Å². The summed E-state index contributed by atoms with van der Waals surface area (Å²) < 4.78 is 52.8. The third kappa shape index (κ3) is 6.31. The number of benzene rings is 1. The van der Waals surface area contributed by atoms with Crippen molar-refractivity contribution in [1.29, 1.82) is 5.26 Å². The summed E-state index contributed by atoms with van der Waals surface area (Å²) in [7, 11) is 0. The van der Waals surface area contributed by atoms with E-state index in [0.717, 1.165) is 55.9 Å². The van der Waals surface area contributed by atoms with E-state index >= 15 is 8.78 Å². The number of rotatable bonds is 9. The molecule has 51 heavy (non-hydrogen) atoms. The molecule has 10 nitrogen and oxygen atoms in total. The molecule has 1 aromatic carbocycles. The number of amides is 1. The summed E-state index contributed by atoms with van der Waals surface area (Å²) in [5, 5.41) is 12.1. The van der Waals surface area contributed by atoms with Gasteiger partial charge in [-0.15, -0.1) is 11.3 Å². The van der Waals surface area contributed by atoms with Gasteiger partial charge in [0.05, 0.1) is 29.5 Å². The summed E-state index contributed by atoms with van der Waals surface area (Å²) in [5.41, 5.74) is 1.53. The number of carbonyl (C=O) groups excluding carboxylic acids is 1. The van der Waals surface area contributed by atoms with Gasteiger partial charge in [0.2, 0.25) is 0 Å². The molecule has 8 rings (SSSR count). The Bertz CT molecular complexity index is 2020. The number of nitriles is 1. The quantitative estimate of drug-likeness (QED) is 0.181. The lowest BCUT2D eigenvalue weighted by atomic mass is 9.77. The monoisotopic (exact) mass is 714 g/mol. The minimum atomic E-state index is -0.965. The highest BCUT2D eigenvalue weighted by Gasteiger charge is 2.49. The van der Waals surface area contributed by atoms with Crippen LogP contribution in [-0.2, 0) is 4.79 Å². The molecule has 3 atom stereocenters. The lowest BCUT2D eigenvalue weighted by Crippen LogP contribution is -2.55. The third-order valence-corrected chi connectivity index (χ3v) is 11.6. The number of nitrogens with zero attached hydrogens (tertiary/aromatic N) is 8. The Hall–Kier alpha value is -4.61. The summed E-state index contributed by atoms with van der Waals surface area (Å²) in [6.07, 6.45) is 8.48. The zero-order valence-electron chi connectivity index (χ0n) is 28.0. The number of alkyl halides is 1. The molecule has 3 aromatic heterocycles. The van der Waals surface area contributed by atoms with Crippen LogP contribution >= 0.6 is 11.3 Å². The second-order valence-corrected chi connectivity index (χ2v) is 14.8. The highest BCUT2D eigenvalue weighted by molar-refractivity contribution is 7.10. The van der Waals surface area contributed by atoms with Crippen molar-refractivity contribution in [2.75, 3.05) is 44.2 Å². The van der Waals surface area contributed by atoms with Crippen LogP contribution in [-0.4, -0.2) is 92.7 Å². The average Bonchev–Trinajstić information content (AvgIpc) is 3.83. The van der Waals surface area contributed by atoms with Crippen LogP contribution in [0.25, 0.3) is 28.2 Å². The molecule has 0 bridgehead atoms. The molecule has 3 aliphatic heterocycles. The molecule has 1 amide bonds. The van der Waals surface area contributed by atoms with Crippen LogP contribution in [0, 0.1) is 17.1 Å². The van der Waals surface area contributed by atoms with E-state index < -0.39 is 35.3 Å². The molecule has 1 saturated carbocycles. The molecule has 0 N–H and O–H groups in total. The molecule has 4 fully saturated rings. The number of halogens is 3. The molecule has 0 spiro atoms. The first-order valence-corrected chi connectivity index (χ1v) is 18.4. The molecular weight excluding hydrogens is 678 g/mol. The normalized spacial score (nSPS) is 24.1. The van der Waals surface area contributed by atoms with E-state index in [-0.39, 0.29) is 49.9 Å². The van der Waals surface area contributed by atoms with Crippen LogP contribution in [0.15, 0.2) is 47.9 Å². The number of thiazole rings is 1. The Balaban J connectivity index is 1.16. The van der Waals surface area contributed by atoms with Crippen molar-refractivity contribution >= 4 is 40.0 Å². The number of aromatic nitrogens is 4. The van der Waals surface area contributed by atoms with Crippen molar-refractivity contribution in [1.82, 2.24) is 29.7 Å². The number of hydrogen-bond acceptors (Lipinski definition) is 10. The van der Waals surface area contributed by atoms with Crippen molar-refractivity contribution in [3.63, 3.8) is 0 Å². The lowest BCUT2D eigenvalue weighted by Gasteiger charge is -2.41. The van der Waals surface area contributed by atoms with E-state index in [1.807, 2.05) is 29.2 Å². The van der Waals surface area contributed by atoms with Crippen LogP contribution in [0.4, 0.5) is 19.0 Å². The molecular formula is C37H37F3N8O2S. The van der Waals surface area contributed by atoms with E-state index in [0.29, 0.717) is 35.1 Å². The maximum atomic E-state index is 16.8. The molecule has 6 heterocycles. The highest BCUT2D eigenvalue weighted by Crippen LogP contribution is 2.43. The minimum absolute atomic E-state index is 0.0340. The van der Waals surface area contributed by atoms with E-state index in [1.165, 1.54) is 22.4 Å². The molecule has 0 unspecified atom stereocenters. The number of pyridine rings is 1. The van der Waals surface area contributed by atoms with Gasteiger partial charge < -0.3 is 14.5 Å². The van der Waals surface area contributed by atoms with Crippen LogP contribution < -0.4 is 9.64 Å². The van der Waals surface area contributed by atoms with Gasteiger partial charge in [0.15, 0.2) is 11.6 Å². The van der Waals surface area contributed by atoms with Gasteiger partial charge in [-0.2, -0.15) is 15.2 Å². The van der Waals surface area contributed by atoms with E-state index in [2.05, 4.69) is 25.9 Å². The first kappa shape index (κ1) is 33.5. The zero-order chi connectivity index (χ0) is 35.1. The second kappa shape index (κ2) is 13.8. The van der Waals surface area contributed by atoms with Gasteiger partial charge in [-0.1, -0.05) is 30.7 Å². The SMILES string of the molecule is N#CC[C@H]1CN(c2nc(OC[C@@]34CCCN3C[C@H](F)C4)nc3c(F)c(-c4ccccc4C4CCC4)ncc23)CCN1C(=O)/C(F)=C/c1nccs1. The second-order valence-electron chi connectivity index (χ2n) is 13.9. The minimum Gasteiger partial charge on any atom is -0.461 e. The maximum Gasteiger partial charge on any atom is 0.319 e. The number of anilines is 1. The fourth-order valence-electron chi connectivity index (χ4n) is 8.16. The van der Waals surface area contributed by atoms with Crippen LogP contribution in [0.1, 0.15) is 61.4 Å². The lowest BCUT2D eigenvalue weighted by molar-refractivity contribution is -0.131. The zero-order valence-corrected chi connectivity index (χ0v) is 28.8. The van der Waals surface area contributed by atoms with Gasteiger partial charge in [0.25, 0.3) is 5.91 Å². The predicted molar refractivity (Wildman–Crippen MR) is 187 cm³/mol. The van der Waals surface area contributed by atoms with Crippen LogP contribution in [0.2, 0.25) is 0 Å². The summed E-state index contributed by atoms with van der Waals surface area (Å²) in [6.45, 7) is 1.75. The summed E-state index contributed by atoms with van der Waals surface area (Å²) in [4.78, 5) is 36.6. The predicted octanol–water partition coefficient (Wildman–Crippen LogP) is 6.45. The van der Waals surface area contributed by atoms with E-state index in [4.69, 9.17) is 9.72 Å². The first-order chi connectivity index (χ1) is 24.8. The first-order valence-electron chi connectivity index (χ1n) is 17.5. The van der Waals surface area contributed by atoms with Gasteiger partial charge in [0, 0.05) is 62.0 Å². The number of carbonyl (C=O) groups is 1. The summed E-state index contributed by atoms with van der Waals surface area (Å²) in [6, 6.07) is 9.15. The number of ether oxygens (including phenoxy) is 1. The molecule has 0 radical (unpaired) electrons. The van der Waals surface area contributed by atoms with Gasteiger partial charge in [-0.25, -0.2) is 18.2 Å². The fraction of sp³-hybridized carbons (Fsp3) is 0.459. The Labute approximate surface area is 297 Å². The Morgan fingerprint density at radius 1 is 1.14 bits per heavy atom. The average molecular weight is 715 g/mol. The van der Waals surface area contributed by atoms with Gasteiger partial charge >= 0.3 is 6.01 Å². The largest absolute Gasteiger partial charge is 0.461 e. The van der Waals surface area contributed by atoms with Crippen molar-refractivity contribution in [2.24, 2.45) is 0 Å². The van der Waals surface area contributed by atoms with Crippen molar-refractivity contribution in [3.8, 4) is 23.3 Å². The molecule has 4 aliphatic rings. The smallest absolute Gasteiger partial charge is 0.319 e. The van der Waals surface area contributed by atoms with Crippen molar-refractivity contribution in [3.05, 3.63) is 64.3 Å². The van der Waals surface area contributed by atoms with Gasteiger partial charge in [0.1, 0.15) is 34.8 Å². The van der Waals surface area contributed by atoms with E-state index in [9.17, 15) is 14.4 Å². The summed E-state index contributed by atoms with van der Waals surface area (Å²) >= 11 is 1.21. The van der Waals surface area contributed by atoms with Crippen LogP contribution in [0.5, 0.6) is 6.01 Å². The maximum absolute atomic E-state index is 16.8. The Morgan fingerprint density at radius 3 is 2.78 bits per heavy atom. The number of hydrogen-bond donors (Lipinski definition) is 0. The molecule has 1 aliphatic carbocycles. The molecule has 4 aromatic rings. The third-order valence-electron chi connectivity index (χ3n) is 10.9. The molecule has 14 heteroatoms. The van der Waals surface area contributed by atoms with Gasteiger partial charge in [-0.05, 0) is 43.7 Å². The molecule has 264 valence electrons. The van der Waals surface area contributed by atoms with Crippen LogP contribution in [0.3, 0.4) is 0 Å². The topological polar surface area (TPSA) is 111 Å².